The number of furan rings is 1. The molecule has 0 unspecified atom stereocenters. The highest BCUT2D eigenvalue weighted by Gasteiger charge is 2.27. The van der Waals surface area contributed by atoms with Crippen molar-refractivity contribution in [3.05, 3.63) is 47.4 Å². The minimum absolute atomic E-state index is 0.00614. The number of amides is 2. The van der Waals surface area contributed by atoms with E-state index >= 15 is 0 Å². The van der Waals surface area contributed by atoms with Crippen LogP contribution >= 0.6 is 0 Å². The number of carbonyl (C=O) groups is 2. The van der Waals surface area contributed by atoms with Crippen LogP contribution in [0.2, 0.25) is 0 Å². The molecule has 0 atom stereocenters. The van der Waals surface area contributed by atoms with Crippen LogP contribution in [0.3, 0.4) is 0 Å². The standard InChI is InChI=1S/C21H24N2O4/c1-14-7-9-17-19(11-14)26-13-20(24)23(17)12-16-8-10-18(27-16)21(25)22-15-5-3-2-4-6-15/h7-11,15H,2-6,12-13H2,1H3,(H,22,25). The summed E-state index contributed by atoms with van der Waals surface area (Å²) in [7, 11) is 0. The van der Waals surface area contributed by atoms with Crippen LogP contribution in [0.25, 0.3) is 0 Å². The molecule has 0 saturated heterocycles. The summed E-state index contributed by atoms with van der Waals surface area (Å²) >= 11 is 0. The monoisotopic (exact) mass is 368 g/mol. The molecule has 6 heteroatoms. The molecule has 2 amide bonds. The minimum atomic E-state index is -0.183. The Morgan fingerprint density at radius 3 is 2.81 bits per heavy atom. The Balaban J connectivity index is 1.46. The van der Waals surface area contributed by atoms with Gasteiger partial charge in [0.1, 0.15) is 11.5 Å². The fraction of sp³-hybridized carbons (Fsp3) is 0.429. The average Bonchev–Trinajstić information content (AvgIpc) is 3.14. The number of aryl methyl sites for hydroxylation is 1. The van der Waals surface area contributed by atoms with Gasteiger partial charge in [-0.25, -0.2) is 0 Å². The van der Waals surface area contributed by atoms with Gasteiger partial charge in [-0.2, -0.15) is 0 Å². The van der Waals surface area contributed by atoms with Crippen molar-refractivity contribution in [2.75, 3.05) is 11.5 Å². The Kier molecular flexibility index (Phi) is 4.88. The lowest BCUT2D eigenvalue weighted by Crippen LogP contribution is -2.38. The second-order valence-electron chi connectivity index (χ2n) is 7.31. The highest BCUT2D eigenvalue weighted by Crippen LogP contribution is 2.34. The number of anilines is 1. The molecule has 1 saturated carbocycles. The van der Waals surface area contributed by atoms with Gasteiger partial charge in [0, 0.05) is 6.04 Å². The molecule has 2 aliphatic rings. The Morgan fingerprint density at radius 2 is 2.00 bits per heavy atom. The molecule has 1 aromatic heterocycles. The number of nitrogens with one attached hydrogen (secondary N) is 1. The predicted molar refractivity (Wildman–Crippen MR) is 101 cm³/mol. The first-order valence-electron chi connectivity index (χ1n) is 9.53. The molecule has 1 aliphatic heterocycles. The number of carbonyl (C=O) groups excluding carboxylic acids is 2. The van der Waals surface area contributed by atoms with Gasteiger partial charge in [0.2, 0.25) is 0 Å². The summed E-state index contributed by atoms with van der Waals surface area (Å²) in [5.41, 5.74) is 1.80. The van der Waals surface area contributed by atoms with E-state index in [2.05, 4.69) is 5.32 Å². The van der Waals surface area contributed by atoms with Crippen molar-refractivity contribution in [1.29, 1.82) is 0 Å². The van der Waals surface area contributed by atoms with Gasteiger partial charge in [0.25, 0.3) is 11.8 Å². The number of hydrogen-bond donors (Lipinski definition) is 1. The van der Waals surface area contributed by atoms with Crippen molar-refractivity contribution in [2.24, 2.45) is 0 Å². The van der Waals surface area contributed by atoms with Crippen LogP contribution in [0.1, 0.15) is 54.0 Å². The molecular formula is C21H24N2O4. The van der Waals surface area contributed by atoms with E-state index in [0.29, 0.717) is 17.3 Å². The minimum Gasteiger partial charge on any atom is -0.482 e. The Labute approximate surface area is 158 Å². The van der Waals surface area contributed by atoms with E-state index in [9.17, 15) is 9.59 Å². The summed E-state index contributed by atoms with van der Waals surface area (Å²) in [5.74, 6) is 1.25. The van der Waals surface area contributed by atoms with E-state index in [4.69, 9.17) is 9.15 Å². The van der Waals surface area contributed by atoms with Gasteiger partial charge in [-0.3, -0.25) is 14.5 Å². The van der Waals surface area contributed by atoms with Crippen LogP contribution in [0.4, 0.5) is 5.69 Å². The number of ether oxygens (including phenoxy) is 1. The van der Waals surface area contributed by atoms with Crippen LogP contribution in [-0.2, 0) is 11.3 Å². The number of hydrogen-bond acceptors (Lipinski definition) is 4. The molecular weight excluding hydrogens is 344 g/mol. The number of rotatable bonds is 4. The van der Waals surface area contributed by atoms with E-state index in [1.54, 1.807) is 17.0 Å². The molecule has 6 nitrogen and oxygen atoms in total. The summed E-state index contributed by atoms with van der Waals surface area (Å²) < 4.78 is 11.3. The van der Waals surface area contributed by atoms with Gasteiger partial charge < -0.3 is 14.5 Å². The van der Waals surface area contributed by atoms with Crippen LogP contribution in [0.15, 0.2) is 34.7 Å². The summed E-state index contributed by atoms with van der Waals surface area (Å²) in [6.07, 6.45) is 5.61. The second-order valence-corrected chi connectivity index (χ2v) is 7.31. The molecule has 1 aliphatic carbocycles. The smallest absolute Gasteiger partial charge is 0.287 e. The van der Waals surface area contributed by atoms with Gasteiger partial charge in [-0.15, -0.1) is 0 Å². The molecule has 27 heavy (non-hydrogen) atoms. The second kappa shape index (κ2) is 7.47. The van der Waals surface area contributed by atoms with Crippen molar-refractivity contribution < 1.29 is 18.7 Å². The highest BCUT2D eigenvalue weighted by molar-refractivity contribution is 5.97. The third kappa shape index (κ3) is 3.84. The summed E-state index contributed by atoms with van der Waals surface area (Å²) in [5, 5.41) is 3.05. The van der Waals surface area contributed by atoms with Crippen molar-refractivity contribution in [2.45, 2.75) is 51.6 Å². The molecule has 0 bridgehead atoms. The number of benzene rings is 1. The Hall–Kier alpha value is -2.76. The Bertz CT molecular complexity index is 852. The normalized spacial score (nSPS) is 17.4. The summed E-state index contributed by atoms with van der Waals surface area (Å²) in [4.78, 5) is 26.4. The van der Waals surface area contributed by atoms with E-state index in [-0.39, 0.29) is 31.0 Å². The first kappa shape index (κ1) is 17.6. The third-order valence-electron chi connectivity index (χ3n) is 5.20. The molecule has 142 valence electrons. The molecule has 1 aromatic carbocycles. The number of nitrogens with zero attached hydrogens (tertiary/aromatic N) is 1. The zero-order chi connectivity index (χ0) is 18.8. The van der Waals surface area contributed by atoms with E-state index in [1.165, 1.54) is 6.42 Å². The average molecular weight is 368 g/mol. The highest BCUT2D eigenvalue weighted by atomic mass is 16.5. The van der Waals surface area contributed by atoms with E-state index in [1.807, 2.05) is 25.1 Å². The molecule has 1 fully saturated rings. The van der Waals surface area contributed by atoms with Crippen molar-refractivity contribution in [3.8, 4) is 5.75 Å². The largest absolute Gasteiger partial charge is 0.482 e. The first-order valence-corrected chi connectivity index (χ1v) is 9.53. The lowest BCUT2D eigenvalue weighted by atomic mass is 9.95. The van der Waals surface area contributed by atoms with Gasteiger partial charge in [0.05, 0.1) is 12.2 Å². The number of fused-ring (bicyclic) bond motifs is 1. The predicted octanol–water partition coefficient (Wildman–Crippen LogP) is 3.58. The molecule has 2 heterocycles. The van der Waals surface area contributed by atoms with Crippen LogP contribution in [0.5, 0.6) is 5.75 Å². The maximum atomic E-state index is 12.4. The van der Waals surface area contributed by atoms with Gasteiger partial charge in [0.15, 0.2) is 12.4 Å². The molecule has 4 rings (SSSR count). The summed E-state index contributed by atoms with van der Waals surface area (Å²) in [6, 6.07) is 9.40. The van der Waals surface area contributed by atoms with Gasteiger partial charge >= 0.3 is 0 Å². The third-order valence-corrected chi connectivity index (χ3v) is 5.20. The topological polar surface area (TPSA) is 71.8 Å². The van der Waals surface area contributed by atoms with E-state index in [0.717, 1.165) is 36.9 Å². The maximum Gasteiger partial charge on any atom is 0.287 e. The van der Waals surface area contributed by atoms with Crippen LogP contribution in [-0.4, -0.2) is 24.5 Å². The molecule has 1 N–H and O–H groups in total. The van der Waals surface area contributed by atoms with Crippen molar-refractivity contribution >= 4 is 17.5 Å². The zero-order valence-electron chi connectivity index (χ0n) is 15.5. The first-order chi connectivity index (χ1) is 13.1. The summed E-state index contributed by atoms with van der Waals surface area (Å²) in [6.45, 7) is 2.26. The maximum absolute atomic E-state index is 12.4. The van der Waals surface area contributed by atoms with Gasteiger partial charge in [-0.05, 0) is 49.6 Å². The molecule has 0 radical (unpaired) electrons. The fourth-order valence-electron chi connectivity index (χ4n) is 3.73. The Morgan fingerprint density at radius 1 is 1.19 bits per heavy atom. The van der Waals surface area contributed by atoms with E-state index < -0.39 is 0 Å². The van der Waals surface area contributed by atoms with Crippen LogP contribution < -0.4 is 15.0 Å². The quantitative estimate of drug-likeness (QED) is 0.895. The fourth-order valence-corrected chi connectivity index (χ4v) is 3.73. The zero-order valence-corrected chi connectivity index (χ0v) is 15.5. The van der Waals surface area contributed by atoms with Crippen molar-refractivity contribution in [1.82, 2.24) is 5.32 Å². The van der Waals surface area contributed by atoms with Gasteiger partial charge in [-0.1, -0.05) is 25.3 Å². The lowest BCUT2D eigenvalue weighted by Gasteiger charge is -2.28. The lowest BCUT2D eigenvalue weighted by molar-refractivity contribution is -0.121. The molecule has 2 aromatic rings. The molecule has 0 spiro atoms. The SMILES string of the molecule is Cc1ccc2c(c1)OCC(=O)N2Cc1ccc(C(=O)NC2CCCCC2)o1. The van der Waals surface area contributed by atoms with Crippen LogP contribution in [0, 0.1) is 6.92 Å². The van der Waals surface area contributed by atoms with Crippen molar-refractivity contribution in [3.63, 3.8) is 0 Å².